The molecule has 1 aliphatic carbocycles. The molecule has 1 saturated carbocycles. The number of carbonyl (C=O) groups is 1. The van der Waals surface area contributed by atoms with Gasteiger partial charge in [0.25, 0.3) is 5.91 Å². The Balaban J connectivity index is 1.86. The first kappa shape index (κ1) is 16.7. The number of aromatic nitrogens is 1. The van der Waals surface area contributed by atoms with Crippen molar-refractivity contribution in [1.29, 1.82) is 0 Å². The predicted octanol–water partition coefficient (Wildman–Crippen LogP) is 3.01. The normalized spacial score (nSPS) is 22.4. The van der Waals surface area contributed by atoms with Crippen LogP contribution in [0.3, 0.4) is 0 Å². The van der Waals surface area contributed by atoms with Gasteiger partial charge in [-0.2, -0.15) is 13.2 Å². The number of rotatable bonds is 4. The van der Waals surface area contributed by atoms with E-state index in [0.29, 0.717) is 18.5 Å². The molecule has 0 unspecified atom stereocenters. The van der Waals surface area contributed by atoms with E-state index in [-0.39, 0.29) is 11.9 Å². The summed E-state index contributed by atoms with van der Waals surface area (Å²) >= 11 is 0. The molecule has 1 amide bonds. The lowest BCUT2D eigenvalue weighted by atomic mass is 9.92. The van der Waals surface area contributed by atoms with Crippen LogP contribution in [-0.4, -0.2) is 35.8 Å². The summed E-state index contributed by atoms with van der Waals surface area (Å²) in [6, 6.07) is 4.97. The second kappa shape index (κ2) is 7.09. The Bertz CT molecular complexity index is 520. The third kappa shape index (κ3) is 5.29. The van der Waals surface area contributed by atoms with Gasteiger partial charge in [0.2, 0.25) is 0 Å². The highest BCUT2D eigenvalue weighted by molar-refractivity contribution is 5.92. The van der Waals surface area contributed by atoms with Crippen molar-refractivity contribution in [2.24, 2.45) is 0 Å². The van der Waals surface area contributed by atoms with Gasteiger partial charge in [0.1, 0.15) is 12.3 Å². The third-order valence-electron chi connectivity index (χ3n) is 3.56. The van der Waals surface area contributed by atoms with Gasteiger partial charge in [-0.05, 0) is 44.7 Å². The Morgan fingerprint density at radius 1 is 1.41 bits per heavy atom. The van der Waals surface area contributed by atoms with E-state index >= 15 is 0 Å². The first-order valence-electron chi connectivity index (χ1n) is 7.26. The molecule has 7 heteroatoms. The van der Waals surface area contributed by atoms with E-state index in [0.717, 1.165) is 18.5 Å². The molecule has 1 fully saturated rings. The summed E-state index contributed by atoms with van der Waals surface area (Å²) in [5.74, 6) is -0.301. The van der Waals surface area contributed by atoms with Crippen LogP contribution in [0.25, 0.3) is 0 Å². The number of halogens is 3. The number of amides is 1. The van der Waals surface area contributed by atoms with Crippen LogP contribution >= 0.6 is 0 Å². The largest absolute Gasteiger partial charge is 0.411 e. The minimum atomic E-state index is -4.32. The number of hydrogen-bond acceptors (Lipinski definition) is 3. The molecule has 2 atom stereocenters. The van der Waals surface area contributed by atoms with Crippen LogP contribution in [0, 0.1) is 6.92 Å². The Kier molecular flexibility index (Phi) is 5.39. The molecule has 0 bridgehead atoms. The zero-order chi connectivity index (χ0) is 16.2. The quantitative estimate of drug-likeness (QED) is 0.929. The van der Waals surface area contributed by atoms with Crippen molar-refractivity contribution in [1.82, 2.24) is 10.3 Å². The van der Waals surface area contributed by atoms with Crippen LogP contribution in [0.5, 0.6) is 0 Å². The van der Waals surface area contributed by atoms with Crippen molar-refractivity contribution in [3.8, 4) is 0 Å². The van der Waals surface area contributed by atoms with Gasteiger partial charge in [0, 0.05) is 11.7 Å². The molecule has 1 aliphatic rings. The van der Waals surface area contributed by atoms with Gasteiger partial charge >= 0.3 is 6.18 Å². The van der Waals surface area contributed by atoms with Crippen LogP contribution < -0.4 is 5.32 Å². The highest BCUT2D eigenvalue weighted by Crippen LogP contribution is 2.24. The maximum absolute atomic E-state index is 12.2. The van der Waals surface area contributed by atoms with E-state index in [1.165, 1.54) is 0 Å². The summed E-state index contributed by atoms with van der Waals surface area (Å²) in [6.45, 7) is 0.552. The minimum absolute atomic E-state index is 0.179. The maximum Gasteiger partial charge on any atom is 0.411 e. The Hall–Kier alpha value is -1.63. The SMILES string of the molecule is Cc1cccc(C(=O)N[C@@H]2CCC[C@@H](OCC(F)(F)F)C2)n1. The van der Waals surface area contributed by atoms with Crippen molar-refractivity contribution in [2.75, 3.05) is 6.61 Å². The molecule has 2 rings (SSSR count). The van der Waals surface area contributed by atoms with Crippen LogP contribution in [0.2, 0.25) is 0 Å². The lowest BCUT2D eigenvalue weighted by molar-refractivity contribution is -0.188. The zero-order valence-electron chi connectivity index (χ0n) is 12.3. The first-order chi connectivity index (χ1) is 10.3. The topological polar surface area (TPSA) is 51.2 Å². The predicted molar refractivity (Wildman–Crippen MR) is 74.5 cm³/mol. The van der Waals surface area contributed by atoms with E-state index in [4.69, 9.17) is 4.74 Å². The molecule has 22 heavy (non-hydrogen) atoms. The van der Waals surface area contributed by atoms with Gasteiger partial charge in [-0.25, -0.2) is 4.98 Å². The maximum atomic E-state index is 12.2. The lowest BCUT2D eigenvalue weighted by Gasteiger charge is -2.30. The van der Waals surface area contributed by atoms with E-state index in [9.17, 15) is 18.0 Å². The molecule has 1 aromatic rings. The molecular formula is C15H19F3N2O2. The lowest BCUT2D eigenvalue weighted by Crippen LogP contribution is -2.41. The molecule has 0 spiro atoms. The average Bonchev–Trinajstić information content (AvgIpc) is 2.45. The van der Waals surface area contributed by atoms with Crippen LogP contribution in [0.4, 0.5) is 13.2 Å². The van der Waals surface area contributed by atoms with E-state index < -0.39 is 18.9 Å². The fraction of sp³-hybridized carbons (Fsp3) is 0.600. The third-order valence-corrected chi connectivity index (χ3v) is 3.56. The van der Waals surface area contributed by atoms with E-state index in [1.807, 2.05) is 0 Å². The standard InChI is InChI=1S/C15H19F3N2O2/c1-10-4-2-7-13(19-10)14(21)20-11-5-3-6-12(8-11)22-9-15(16,17)18/h2,4,7,11-12H,3,5-6,8-9H2,1H3,(H,20,21)/t11-,12-/m1/s1. The molecule has 122 valence electrons. The van der Waals surface area contributed by atoms with Gasteiger partial charge in [0.15, 0.2) is 0 Å². The molecule has 1 heterocycles. The summed E-state index contributed by atoms with van der Waals surface area (Å²) in [4.78, 5) is 16.2. The number of aryl methyl sites for hydroxylation is 1. The number of nitrogens with one attached hydrogen (secondary N) is 1. The molecule has 0 saturated heterocycles. The van der Waals surface area contributed by atoms with Gasteiger partial charge in [-0.1, -0.05) is 6.07 Å². The fourth-order valence-electron chi connectivity index (χ4n) is 2.57. The van der Waals surface area contributed by atoms with Crippen molar-refractivity contribution < 1.29 is 22.7 Å². The summed E-state index contributed by atoms with van der Waals surface area (Å²) in [7, 11) is 0. The number of ether oxygens (including phenoxy) is 1. The Morgan fingerprint density at radius 2 is 2.18 bits per heavy atom. The van der Waals surface area contributed by atoms with Crippen molar-refractivity contribution >= 4 is 5.91 Å². The van der Waals surface area contributed by atoms with Gasteiger partial charge in [0.05, 0.1) is 6.10 Å². The fourth-order valence-corrected chi connectivity index (χ4v) is 2.57. The number of hydrogen-bond donors (Lipinski definition) is 1. The average molecular weight is 316 g/mol. The molecular weight excluding hydrogens is 297 g/mol. The highest BCUT2D eigenvalue weighted by atomic mass is 19.4. The van der Waals surface area contributed by atoms with Crippen LogP contribution in [0.15, 0.2) is 18.2 Å². The van der Waals surface area contributed by atoms with Gasteiger partial charge < -0.3 is 10.1 Å². The number of pyridine rings is 1. The summed E-state index contributed by atoms with van der Waals surface area (Å²) in [5, 5.41) is 2.83. The van der Waals surface area contributed by atoms with Crippen molar-refractivity contribution in [3.63, 3.8) is 0 Å². The van der Waals surface area contributed by atoms with Gasteiger partial charge in [-0.15, -0.1) is 0 Å². The monoisotopic (exact) mass is 316 g/mol. The zero-order valence-corrected chi connectivity index (χ0v) is 12.3. The molecule has 1 aromatic heterocycles. The number of nitrogens with zero attached hydrogens (tertiary/aromatic N) is 1. The minimum Gasteiger partial charge on any atom is -0.369 e. The smallest absolute Gasteiger partial charge is 0.369 e. The Morgan fingerprint density at radius 3 is 2.86 bits per heavy atom. The van der Waals surface area contributed by atoms with E-state index in [2.05, 4.69) is 10.3 Å². The summed E-state index contributed by atoms with van der Waals surface area (Å²) < 4.78 is 41.4. The molecule has 0 radical (unpaired) electrons. The Labute approximate surface area is 127 Å². The van der Waals surface area contributed by atoms with Crippen molar-refractivity contribution in [3.05, 3.63) is 29.6 Å². The van der Waals surface area contributed by atoms with Crippen LogP contribution in [0.1, 0.15) is 41.9 Å². The molecule has 1 N–H and O–H groups in total. The molecule has 4 nitrogen and oxygen atoms in total. The molecule has 0 aromatic carbocycles. The van der Waals surface area contributed by atoms with Gasteiger partial charge in [-0.3, -0.25) is 4.79 Å². The van der Waals surface area contributed by atoms with Crippen LogP contribution in [-0.2, 0) is 4.74 Å². The second-order valence-corrected chi connectivity index (χ2v) is 5.55. The molecule has 0 aliphatic heterocycles. The summed E-state index contributed by atoms with van der Waals surface area (Å²) in [5.41, 5.74) is 1.06. The second-order valence-electron chi connectivity index (χ2n) is 5.55. The summed E-state index contributed by atoms with van der Waals surface area (Å²) in [6.07, 6.45) is -2.33. The number of carbonyl (C=O) groups excluding carboxylic acids is 1. The number of alkyl halides is 3. The van der Waals surface area contributed by atoms with Crippen molar-refractivity contribution in [2.45, 2.75) is 50.9 Å². The first-order valence-corrected chi connectivity index (χ1v) is 7.26. The highest BCUT2D eigenvalue weighted by Gasteiger charge is 2.31. The van der Waals surface area contributed by atoms with E-state index in [1.54, 1.807) is 25.1 Å².